The van der Waals surface area contributed by atoms with Crippen molar-refractivity contribution in [1.82, 2.24) is 19.5 Å². The molecule has 2 atom stereocenters. The lowest BCUT2D eigenvalue weighted by Crippen LogP contribution is -2.34. The number of benzene rings is 1. The molecule has 2 saturated carbocycles. The van der Waals surface area contributed by atoms with E-state index in [9.17, 15) is 23.1 Å². The van der Waals surface area contributed by atoms with E-state index in [-0.39, 0.29) is 47.3 Å². The first kappa shape index (κ1) is 24.8. The molecule has 11 nitrogen and oxygen atoms in total. The quantitative estimate of drug-likeness (QED) is 0.376. The fourth-order valence-corrected chi connectivity index (χ4v) is 6.19. The molecular weight excluding hydrogens is 508 g/mol. The lowest BCUT2D eigenvalue weighted by Gasteiger charge is -2.24. The molecule has 200 valence electrons. The second-order valence-electron chi connectivity index (χ2n) is 10.8. The van der Waals surface area contributed by atoms with Crippen molar-refractivity contribution in [3.8, 4) is 11.3 Å². The predicted octanol–water partition coefficient (Wildman–Crippen LogP) is 2.11. The number of amides is 2. The minimum atomic E-state index is -3.67. The Labute approximate surface area is 220 Å². The molecule has 1 aliphatic heterocycles. The summed E-state index contributed by atoms with van der Waals surface area (Å²) in [7, 11) is -3.67. The number of aliphatic hydroxyl groups excluding tert-OH is 1. The van der Waals surface area contributed by atoms with Crippen molar-refractivity contribution < 1.29 is 23.1 Å². The average Bonchev–Trinajstić information content (AvgIpc) is 3.77. The summed E-state index contributed by atoms with van der Waals surface area (Å²) in [5.41, 5.74) is 8.96. The van der Waals surface area contributed by atoms with Crippen LogP contribution >= 0.6 is 0 Å². The largest absolute Gasteiger partial charge is 0.396 e. The number of rotatable bonds is 9. The molecule has 2 amide bonds. The SMILES string of the molecule is C[C@@H](C1CC1)N1Cc2cc(-c3ccn4nc([C@H](CO)C5CC5)c(C(N)=O)c4n3)cc(NS(C)(=O)=O)c2C1=O. The molecule has 3 aromatic rings. The Hall–Kier alpha value is -3.51. The highest BCUT2D eigenvalue weighted by molar-refractivity contribution is 7.92. The molecule has 0 spiro atoms. The Bertz CT molecular complexity index is 1590. The van der Waals surface area contributed by atoms with E-state index in [2.05, 4.69) is 9.82 Å². The Morgan fingerprint density at radius 3 is 2.55 bits per heavy atom. The molecule has 0 saturated heterocycles. The Morgan fingerprint density at radius 1 is 1.24 bits per heavy atom. The number of anilines is 1. The number of carbonyl (C=O) groups is 2. The number of nitrogens with two attached hydrogens (primary N) is 1. The highest BCUT2D eigenvalue weighted by Crippen LogP contribution is 2.44. The number of sulfonamides is 1. The van der Waals surface area contributed by atoms with Crippen LogP contribution in [0.5, 0.6) is 0 Å². The van der Waals surface area contributed by atoms with E-state index in [1.54, 1.807) is 23.2 Å². The number of hydrogen-bond donors (Lipinski definition) is 3. The van der Waals surface area contributed by atoms with Gasteiger partial charge in [0.25, 0.3) is 11.8 Å². The zero-order valence-electron chi connectivity index (χ0n) is 21.2. The van der Waals surface area contributed by atoms with E-state index in [1.165, 1.54) is 4.52 Å². The number of nitrogens with zero attached hydrogens (tertiary/aromatic N) is 4. The Morgan fingerprint density at radius 2 is 1.95 bits per heavy atom. The van der Waals surface area contributed by atoms with Crippen molar-refractivity contribution in [1.29, 1.82) is 0 Å². The second-order valence-corrected chi connectivity index (χ2v) is 12.5. The molecule has 3 aliphatic rings. The van der Waals surface area contributed by atoms with Crippen molar-refractivity contribution in [2.45, 2.75) is 51.1 Å². The van der Waals surface area contributed by atoms with Crippen LogP contribution in [0.25, 0.3) is 16.9 Å². The van der Waals surface area contributed by atoms with Crippen molar-refractivity contribution in [3.05, 3.63) is 46.8 Å². The van der Waals surface area contributed by atoms with Crippen LogP contribution < -0.4 is 10.5 Å². The zero-order chi connectivity index (χ0) is 26.9. The van der Waals surface area contributed by atoms with E-state index < -0.39 is 15.9 Å². The van der Waals surface area contributed by atoms with Gasteiger partial charge in [-0.1, -0.05) is 0 Å². The van der Waals surface area contributed by atoms with Gasteiger partial charge in [-0.2, -0.15) is 5.10 Å². The number of primary amides is 1. The summed E-state index contributed by atoms with van der Waals surface area (Å²) in [6.45, 7) is 2.27. The topological polar surface area (TPSA) is 160 Å². The van der Waals surface area contributed by atoms with Gasteiger partial charge in [0.15, 0.2) is 5.65 Å². The molecule has 0 radical (unpaired) electrons. The fourth-order valence-electron chi connectivity index (χ4n) is 5.63. The monoisotopic (exact) mass is 538 g/mol. The summed E-state index contributed by atoms with van der Waals surface area (Å²) in [4.78, 5) is 32.4. The van der Waals surface area contributed by atoms with Crippen molar-refractivity contribution in [3.63, 3.8) is 0 Å². The van der Waals surface area contributed by atoms with Crippen molar-refractivity contribution in [2.75, 3.05) is 17.6 Å². The van der Waals surface area contributed by atoms with Crippen LogP contribution in [0.4, 0.5) is 5.69 Å². The van der Waals surface area contributed by atoms with Gasteiger partial charge in [-0.3, -0.25) is 14.3 Å². The minimum Gasteiger partial charge on any atom is -0.396 e. The number of nitrogens with one attached hydrogen (secondary N) is 1. The van der Waals surface area contributed by atoms with Gasteiger partial charge in [-0.15, -0.1) is 0 Å². The molecule has 2 aliphatic carbocycles. The molecule has 38 heavy (non-hydrogen) atoms. The zero-order valence-corrected chi connectivity index (χ0v) is 22.0. The number of carbonyl (C=O) groups excluding carboxylic acids is 2. The summed E-state index contributed by atoms with van der Waals surface area (Å²) >= 11 is 0. The highest BCUT2D eigenvalue weighted by Gasteiger charge is 2.40. The Balaban J connectivity index is 1.47. The number of aliphatic hydroxyl groups is 1. The number of hydrogen-bond acceptors (Lipinski definition) is 7. The number of fused-ring (bicyclic) bond motifs is 2. The molecular formula is C26H30N6O5S. The van der Waals surface area contributed by atoms with Crippen molar-refractivity contribution >= 4 is 33.2 Å². The van der Waals surface area contributed by atoms with Gasteiger partial charge in [0.2, 0.25) is 10.0 Å². The van der Waals surface area contributed by atoms with E-state index in [1.807, 2.05) is 13.0 Å². The van der Waals surface area contributed by atoms with Gasteiger partial charge in [0.1, 0.15) is 5.56 Å². The van der Waals surface area contributed by atoms with Gasteiger partial charge in [-0.05, 0) is 68.2 Å². The lowest BCUT2D eigenvalue weighted by molar-refractivity contribution is 0.0698. The number of aromatic nitrogens is 3. The molecule has 4 N–H and O–H groups in total. The first-order valence-corrected chi connectivity index (χ1v) is 14.7. The van der Waals surface area contributed by atoms with E-state index >= 15 is 0 Å². The van der Waals surface area contributed by atoms with Gasteiger partial charge in [0, 0.05) is 30.3 Å². The third-order valence-electron chi connectivity index (χ3n) is 7.92. The lowest BCUT2D eigenvalue weighted by atomic mass is 9.97. The van der Waals surface area contributed by atoms with Crippen LogP contribution in [-0.4, -0.2) is 63.7 Å². The second kappa shape index (κ2) is 8.77. The van der Waals surface area contributed by atoms with Crippen LogP contribution in [0.1, 0.15) is 70.5 Å². The smallest absolute Gasteiger partial charge is 0.256 e. The third kappa shape index (κ3) is 4.31. The summed E-state index contributed by atoms with van der Waals surface area (Å²) < 4.78 is 28.4. The van der Waals surface area contributed by atoms with Crippen LogP contribution in [0.3, 0.4) is 0 Å². The summed E-state index contributed by atoms with van der Waals surface area (Å²) in [6.07, 6.45) is 6.78. The maximum atomic E-state index is 13.4. The molecule has 6 rings (SSSR count). The fraction of sp³-hybridized carbons (Fsp3) is 0.462. The van der Waals surface area contributed by atoms with Crippen LogP contribution in [0.15, 0.2) is 24.4 Å². The maximum Gasteiger partial charge on any atom is 0.256 e. The molecule has 3 heterocycles. The Kier molecular flexibility index (Phi) is 5.72. The molecule has 2 aromatic heterocycles. The molecule has 2 fully saturated rings. The normalized spacial score (nSPS) is 19.0. The van der Waals surface area contributed by atoms with Gasteiger partial charge in [0.05, 0.1) is 35.5 Å². The standard InChI is InChI=1S/C26H30N6O5S/c1-13(14-3-4-14)31-11-17-9-16(10-20(21(17)26(31)35)30-38(2,36)37)19-7-8-32-25(28-19)22(24(27)34)23(29-32)18(12-33)15-5-6-15/h7-10,13-15,18,30,33H,3-6,11-12H2,1-2H3,(H2,27,34)/t13-,18+/m0/s1. The maximum absolute atomic E-state index is 13.4. The third-order valence-corrected chi connectivity index (χ3v) is 8.51. The van der Waals surface area contributed by atoms with E-state index in [0.717, 1.165) is 31.9 Å². The summed E-state index contributed by atoms with van der Waals surface area (Å²) in [5, 5.41) is 14.5. The van der Waals surface area contributed by atoms with E-state index in [4.69, 9.17) is 10.7 Å². The molecule has 0 unspecified atom stereocenters. The minimum absolute atomic E-state index is 0.0631. The van der Waals surface area contributed by atoms with Crippen LogP contribution in [-0.2, 0) is 16.6 Å². The average molecular weight is 539 g/mol. The van der Waals surface area contributed by atoms with Crippen molar-refractivity contribution in [2.24, 2.45) is 17.6 Å². The molecule has 12 heteroatoms. The first-order valence-electron chi connectivity index (χ1n) is 12.8. The van der Waals surface area contributed by atoms with Crippen LogP contribution in [0.2, 0.25) is 0 Å². The highest BCUT2D eigenvalue weighted by atomic mass is 32.2. The first-order chi connectivity index (χ1) is 18.1. The molecule has 1 aromatic carbocycles. The predicted molar refractivity (Wildman–Crippen MR) is 140 cm³/mol. The van der Waals surface area contributed by atoms with Gasteiger partial charge in [-0.25, -0.2) is 17.9 Å². The van der Waals surface area contributed by atoms with Gasteiger partial charge < -0.3 is 15.7 Å². The van der Waals surface area contributed by atoms with E-state index in [0.29, 0.717) is 40.5 Å². The summed E-state index contributed by atoms with van der Waals surface area (Å²) in [6, 6.07) is 5.23. The van der Waals surface area contributed by atoms with Gasteiger partial charge >= 0.3 is 0 Å². The van der Waals surface area contributed by atoms with Crippen LogP contribution in [0, 0.1) is 11.8 Å². The molecule has 0 bridgehead atoms. The summed E-state index contributed by atoms with van der Waals surface area (Å²) in [5.74, 6) is -0.444.